The summed E-state index contributed by atoms with van der Waals surface area (Å²) >= 11 is 1.01. The van der Waals surface area contributed by atoms with Gasteiger partial charge in [0.1, 0.15) is 0 Å². The molecule has 0 bridgehead atoms. The average molecular weight is 369 g/mol. The standard InChI is InChI=1S/C17H14F3NO3S/c1-2-15(22)21-14-7-6-12(9-13(14)16(23)24)25-11-5-3-4-10(8-11)17(18,19)20/h3-9H,2H2,1H3,(H,21,22)(H,23,24). The highest BCUT2D eigenvalue weighted by Gasteiger charge is 2.30. The van der Waals surface area contributed by atoms with Crippen LogP contribution in [0.3, 0.4) is 0 Å². The topological polar surface area (TPSA) is 66.4 Å². The van der Waals surface area contributed by atoms with Crippen molar-refractivity contribution in [1.29, 1.82) is 0 Å². The number of carbonyl (C=O) groups is 2. The minimum atomic E-state index is -4.45. The summed E-state index contributed by atoms with van der Waals surface area (Å²) in [4.78, 5) is 23.6. The van der Waals surface area contributed by atoms with E-state index in [-0.39, 0.29) is 23.6 Å². The van der Waals surface area contributed by atoms with Gasteiger partial charge in [-0.2, -0.15) is 13.2 Å². The largest absolute Gasteiger partial charge is 0.478 e. The number of hydrogen-bond acceptors (Lipinski definition) is 3. The van der Waals surface area contributed by atoms with Crippen LogP contribution in [0, 0.1) is 0 Å². The summed E-state index contributed by atoms with van der Waals surface area (Å²) < 4.78 is 38.3. The molecule has 0 spiro atoms. The second-order valence-electron chi connectivity index (χ2n) is 5.04. The molecule has 0 saturated heterocycles. The molecule has 1 amide bonds. The number of benzene rings is 2. The van der Waals surface area contributed by atoms with Gasteiger partial charge in [0.2, 0.25) is 5.91 Å². The Balaban J connectivity index is 2.30. The number of carboxylic acids is 1. The van der Waals surface area contributed by atoms with Crippen molar-refractivity contribution in [2.45, 2.75) is 29.3 Å². The SMILES string of the molecule is CCC(=O)Nc1ccc(Sc2cccc(C(F)(F)F)c2)cc1C(=O)O. The zero-order chi connectivity index (χ0) is 18.6. The van der Waals surface area contributed by atoms with Crippen LogP contribution in [0.5, 0.6) is 0 Å². The number of amides is 1. The Morgan fingerprint density at radius 1 is 1.12 bits per heavy atom. The number of nitrogens with one attached hydrogen (secondary N) is 1. The van der Waals surface area contributed by atoms with E-state index in [1.54, 1.807) is 13.0 Å². The molecule has 2 rings (SSSR count). The quantitative estimate of drug-likeness (QED) is 0.786. The highest BCUT2D eigenvalue weighted by atomic mass is 32.2. The van der Waals surface area contributed by atoms with E-state index >= 15 is 0 Å². The second-order valence-corrected chi connectivity index (χ2v) is 6.19. The normalized spacial score (nSPS) is 11.2. The molecule has 4 nitrogen and oxygen atoms in total. The molecule has 0 aliphatic carbocycles. The van der Waals surface area contributed by atoms with Crippen molar-refractivity contribution in [2.24, 2.45) is 0 Å². The number of anilines is 1. The van der Waals surface area contributed by atoms with Gasteiger partial charge in [0.25, 0.3) is 0 Å². The first kappa shape index (κ1) is 18.9. The minimum absolute atomic E-state index is 0.126. The van der Waals surface area contributed by atoms with Crippen LogP contribution in [0.4, 0.5) is 18.9 Å². The van der Waals surface area contributed by atoms with E-state index in [2.05, 4.69) is 5.32 Å². The Morgan fingerprint density at radius 3 is 2.40 bits per heavy atom. The Bertz CT molecular complexity index is 806. The molecule has 0 aliphatic heterocycles. The van der Waals surface area contributed by atoms with Crippen molar-refractivity contribution in [3.8, 4) is 0 Å². The van der Waals surface area contributed by atoms with Crippen molar-refractivity contribution in [2.75, 3.05) is 5.32 Å². The van der Waals surface area contributed by atoms with Crippen LogP contribution in [0.2, 0.25) is 0 Å². The number of halogens is 3. The lowest BCUT2D eigenvalue weighted by Crippen LogP contribution is -2.13. The van der Waals surface area contributed by atoms with Gasteiger partial charge in [-0.25, -0.2) is 4.79 Å². The number of aromatic carboxylic acids is 1. The summed E-state index contributed by atoms with van der Waals surface area (Å²) in [6.07, 6.45) is -4.25. The van der Waals surface area contributed by atoms with Gasteiger partial charge in [-0.05, 0) is 36.4 Å². The lowest BCUT2D eigenvalue weighted by Gasteiger charge is -2.11. The molecular weight excluding hydrogens is 355 g/mol. The van der Waals surface area contributed by atoms with Crippen molar-refractivity contribution in [3.05, 3.63) is 53.6 Å². The van der Waals surface area contributed by atoms with Crippen LogP contribution < -0.4 is 5.32 Å². The van der Waals surface area contributed by atoms with E-state index in [4.69, 9.17) is 0 Å². The van der Waals surface area contributed by atoms with Gasteiger partial charge in [0.05, 0.1) is 16.8 Å². The van der Waals surface area contributed by atoms with Crippen LogP contribution in [0.25, 0.3) is 0 Å². The summed E-state index contributed by atoms with van der Waals surface area (Å²) in [6, 6.07) is 9.05. The van der Waals surface area contributed by atoms with Crippen LogP contribution in [-0.4, -0.2) is 17.0 Å². The summed E-state index contributed by atoms with van der Waals surface area (Å²) in [6.45, 7) is 1.63. The first-order valence-electron chi connectivity index (χ1n) is 7.23. The minimum Gasteiger partial charge on any atom is -0.478 e. The molecule has 25 heavy (non-hydrogen) atoms. The van der Waals surface area contributed by atoms with Gasteiger partial charge in [-0.3, -0.25) is 4.79 Å². The first-order chi connectivity index (χ1) is 11.7. The summed E-state index contributed by atoms with van der Waals surface area (Å²) in [7, 11) is 0. The monoisotopic (exact) mass is 369 g/mol. The summed E-state index contributed by atoms with van der Waals surface area (Å²) in [5.74, 6) is -1.57. The van der Waals surface area contributed by atoms with Crippen LogP contribution in [0.1, 0.15) is 29.3 Å². The van der Waals surface area contributed by atoms with Gasteiger partial charge in [-0.15, -0.1) is 0 Å². The lowest BCUT2D eigenvalue weighted by atomic mass is 10.1. The Morgan fingerprint density at radius 2 is 1.80 bits per heavy atom. The Labute approximate surface area is 146 Å². The summed E-state index contributed by atoms with van der Waals surface area (Å²) in [5, 5.41) is 11.8. The summed E-state index contributed by atoms with van der Waals surface area (Å²) in [5.41, 5.74) is -0.755. The third kappa shape index (κ3) is 4.99. The van der Waals surface area contributed by atoms with Crippen molar-refractivity contribution in [3.63, 3.8) is 0 Å². The number of carbonyl (C=O) groups excluding carboxylic acids is 1. The van der Waals surface area contributed by atoms with E-state index in [0.29, 0.717) is 9.79 Å². The van der Waals surface area contributed by atoms with E-state index in [0.717, 1.165) is 23.9 Å². The molecule has 0 radical (unpaired) electrons. The molecule has 2 N–H and O–H groups in total. The molecular formula is C17H14F3NO3S. The van der Waals surface area contributed by atoms with Gasteiger partial charge in [0, 0.05) is 16.2 Å². The van der Waals surface area contributed by atoms with E-state index in [1.807, 2.05) is 0 Å². The smallest absolute Gasteiger partial charge is 0.416 e. The first-order valence-corrected chi connectivity index (χ1v) is 8.04. The van der Waals surface area contributed by atoms with E-state index < -0.39 is 17.7 Å². The number of carboxylic acid groups (broad SMARTS) is 1. The van der Waals surface area contributed by atoms with Crippen molar-refractivity contribution >= 4 is 29.3 Å². The maximum absolute atomic E-state index is 12.8. The van der Waals surface area contributed by atoms with Gasteiger partial charge >= 0.3 is 12.1 Å². The molecule has 0 unspecified atom stereocenters. The molecule has 132 valence electrons. The maximum atomic E-state index is 12.8. The van der Waals surface area contributed by atoms with Gasteiger partial charge in [-0.1, -0.05) is 24.8 Å². The number of alkyl halides is 3. The number of hydrogen-bond donors (Lipinski definition) is 2. The fraction of sp³-hybridized carbons (Fsp3) is 0.176. The fourth-order valence-electron chi connectivity index (χ4n) is 1.98. The maximum Gasteiger partial charge on any atom is 0.416 e. The Hall–Kier alpha value is -2.48. The predicted octanol–water partition coefficient (Wildman–Crippen LogP) is 4.90. The average Bonchev–Trinajstić information content (AvgIpc) is 2.55. The Kier molecular flexibility index (Phi) is 5.73. The highest BCUT2D eigenvalue weighted by molar-refractivity contribution is 7.99. The molecule has 0 saturated carbocycles. The van der Waals surface area contributed by atoms with Crippen LogP contribution in [-0.2, 0) is 11.0 Å². The lowest BCUT2D eigenvalue weighted by molar-refractivity contribution is -0.137. The van der Waals surface area contributed by atoms with Crippen LogP contribution in [0.15, 0.2) is 52.3 Å². The molecule has 2 aromatic rings. The molecule has 8 heteroatoms. The number of rotatable bonds is 5. The van der Waals surface area contributed by atoms with Crippen molar-refractivity contribution in [1.82, 2.24) is 0 Å². The van der Waals surface area contributed by atoms with Gasteiger partial charge < -0.3 is 10.4 Å². The zero-order valence-corrected chi connectivity index (χ0v) is 13.9. The molecule has 0 aliphatic rings. The van der Waals surface area contributed by atoms with Crippen molar-refractivity contribution < 1.29 is 27.9 Å². The highest BCUT2D eigenvalue weighted by Crippen LogP contribution is 2.35. The molecule has 0 fully saturated rings. The molecule has 2 aromatic carbocycles. The van der Waals surface area contributed by atoms with Gasteiger partial charge in [0.15, 0.2) is 0 Å². The third-order valence-corrected chi connectivity index (χ3v) is 4.19. The van der Waals surface area contributed by atoms with E-state index in [1.165, 1.54) is 24.3 Å². The van der Waals surface area contributed by atoms with E-state index in [9.17, 15) is 27.9 Å². The zero-order valence-electron chi connectivity index (χ0n) is 13.1. The molecule has 0 aromatic heterocycles. The fourth-order valence-corrected chi connectivity index (χ4v) is 2.90. The van der Waals surface area contributed by atoms with Crippen LogP contribution >= 0.6 is 11.8 Å². The third-order valence-electron chi connectivity index (χ3n) is 3.21. The molecule has 0 heterocycles. The molecule has 0 atom stereocenters. The second kappa shape index (κ2) is 7.60. The predicted molar refractivity (Wildman–Crippen MR) is 87.9 cm³/mol.